The van der Waals surface area contributed by atoms with Crippen LogP contribution in [0.5, 0.6) is 5.75 Å². The van der Waals surface area contributed by atoms with Gasteiger partial charge in [0.1, 0.15) is 11.3 Å². The van der Waals surface area contributed by atoms with Crippen LogP contribution in [0.25, 0.3) is 0 Å². The SMILES string of the molecule is CCOc1cc(N2CCC(F)(F)CC2)c(C2CC2)cc1C(=O)OC. The molecule has 2 fully saturated rings. The molecular weight excluding hydrogens is 316 g/mol. The maximum Gasteiger partial charge on any atom is 0.341 e. The summed E-state index contributed by atoms with van der Waals surface area (Å²) < 4.78 is 37.4. The Bertz CT molecular complexity index is 619. The van der Waals surface area contributed by atoms with Crippen molar-refractivity contribution in [3.63, 3.8) is 0 Å². The zero-order chi connectivity index (χ0) is 17.3. The molecule has 0 aromatic heterocycles. The first kappa shape index (κ1) is 17.0. The molecule has 1 saturated heterocycles. The van der Waals surface area contributed by atoms with Crippen molar-refractivity contribution in [3.8, 4) is 5.75 Å². The summed E-state index contributed by atoms with van der Waals surface area (Å²) in [6, 6.07) is 3.66. The number of methoxy groups -OCH3 is 1. The average Bonchev–Trinajstić information content (AvgIpc) is 3.39. The molecule has 0 bridgehead atoms. The van der Waals surface area contributed by atoms with E-state index in [1.807, 2.05) is 24.0 Å². The molecule has 132 valence electrons. The number of nitrogens with zero attached hydrogens (tertiary/aromatic N) is 1. The van der Waals surface area contributed by atoms with Crippen LogP contribution in [0.15, 0.2) is 12.1 Å². The van der Waals surface area contributed by atoms with Crippen LogP contribution < -0.4 is 9.64 Å². The number of hydrogen-bond donors (Lipinski definition) is 0. The van der Waals surface area contributed by atoms with Crippen molar-refractivity contribution in [2.24, 2.45) is 0 Å². The Labute approximate surface area is 140 Å². The number of esters is 1. The molecule has 0 spiro atoms. The molecule has 0 N–H and O–H groups in total. The van der Waals surface area contributed by atoms with Crippen molar-refractivity contribution in [1.82, 2.24) is 0 Å². The van der Waals surface area contributed by atoms with E-state index in [0.717, 1.165) is 24.1 Å². The molecule has 6 heteroatoms. The van der Waals surface area contributed by atoms with Gasteiger partial charge in [-0.2, -0.15) is 0 Å². The van der Waals surface area contributed by atoms with Crippen molar-refractivity contribution in [1.29, 1.82) is 0 Å². The predicted molar refractivity (Wildman–Crippen MR) is 87.3 cm³/mol. The summed E-state index contributed by atoms with van der Waals surface area (Å²) >= 11 is 0. The van der Waals surface area contributed by atoms with Gasteiger partial charge in [0.15, 0.2) is 0 Å². The van der Waals surface area contributed by atoms with Crippen molar-refractivity contribution in [3.05, 3.63) is 23.3 Å². The summed E-state index contributed by atoms with van der Waals surface area (Å²) in [4.78, 5) is 14.1. The molecule has 24 heavy (non-hydrogen) atoms. The molecule has 1 aromatic rings. The first-order valence-corrected chi connectivity index (χ1v) is 8.47. The molecule has 0 radical (unpaired) electrons. The number of piperidine rings is 1. The highest BCUT2D eigenvalue weighted by atomic mass is 19.3. The van der Waals surface area contributed by atoms with E-state index in [1.165, 1.54) is 7.11 Å². The van der Waals surface area contributed by atoms with Gasteiger partial charge in [-0.05, 0) is 37.3 Å². The minimum atomic E-state index is -2.58. The van der Waals surface area contributed by atoms with E-state index in [9.17, 15) is 13.6 Å². The summed E-state index contributed by atoms with van der Waals surface area (Å²) in [6.45, 7) is 2.90. The number of halogens is 2. The number of ether oxygens (including phenoxy) is 2. The Morgan fingerprint density at radius 3 is 2.50 bits per heavy atom. The number of anilines is 1. The largest absolute Gasteiger partial charge is 0.493 e. The topological polar surface area (TPSA) is 38.8 Å². The maximum absolute atomic E-state index is 13.5. The summed E-state index contributed by atoms with van der Waals surface area (Å²) in [5, 5.41) is 0. The maximum atomic E-state index is 13.5. The summed E-state index contributed by atoms with van der Waals surface area (Å²) in [6.07, 6.45) is 1.84. The molecule has 1 aliphatic heterocycles. The Morgan fingerprint density at radius 2 is 1.96 bits per heavy atom. The highest BCUT2D eigenvalue weighted by Gasteiger charge is 2.37. The van der Waals surface area contributed by atoms with Crippen LogP contribution in [0.1, 0.15) is 54.4 Å². The zero-order valence-corrected chi connectivity index (χ0v) is 14.1. The van der Waals surface area contributed by atoms with E-state index in [-0.39, 0.29) is 12.8 Å². The zero-order valence-electron chi connectivity index (χ0n) is 14.1. The van der Waals surface area contributed by atoms with Crippen molar-refractivity contribution in [2.75, 3.05) is 31.7 Å². The molecule has 4 nitrogen and oxygen atoms in total. The van der Waals surface area contributed by atoms with Gasteiger partial charge in [0, 0.05) is 37.7 Å². The van der Waals surface area contributed by atoms with E-state index >= 15 is 0 Å². The summed E-state index contributed by atoms with van der Waals surface area (Å²) in [5.41, 5.74) is 2.38. The molecular formula is C18H23F2NO3. The van der Waals surface area contributed by atoms with Crippen molar-refractivity contribution < 1.29 is 23.0 Å². The van der Waals surface area contributed by atoms with Gasteiger partial charge in [-0.1, -0.05) is 0 Å². The van der Waals surface area contributed by atoms with Crippen LogP contribution >= 0.6 is 0 Å². The standard InChI is InChI=1S/C18H23F2NO3/c1-3-24-16-11-15(21-8-6-18(19,20)7-9-21)13(12-4-5-12)10-14(16)17(22)23-2/h10-12H,3-9H2,1-2H3. The molecule has 0 unspecified atom stereocenters. The quantitative estimate of drug-likeness (QED) is 0.761. The molecule has 1 aliphatic carbocycles. The lowest BCUT2D eigenvalue weighted by Crippen LogP contribution is -2.39. The van der Waals surface area contributed by atoms with Crippen LogP contribution in [-0.2, 0) is 4.74 Å². The van der Waals surface area contributed by atoms with E-state index in [1.54, 1.807) is 0 Å². The third kappa shape index (κ3) is 3.47. The molecule has 1 heterocycles. The monoisotopic (exact) mass is 339 g/mol. The lowest BCUT2D eigenvalue weighted by Gasteiger charge is -2.35. The predicted octanol–water partition coefficient (Wildman–Crippen LogP) is 3.98. The Balaban J connectivity index is 1.98. The fourth-order valence-electron chi connectivity index (χ4n) is 3.20. The van der Waals surface area contributed by atoms with E-state index in [0.29, 0.717) is 36.9 Å². The first-order valence-electron chi connectivity index (χ1n) is 8.47. The van der Waals surface area contributed by atoms with Crippen LogP contribution in [0.3, 0.4) is 0 Å². The smallest absolute Gasteiger partial charge is 0.341 e. The van der Waals surface area contributed by atoms with Gasteiger partial charge in [0.2, 0.25) is 0 Å². The average molecular weight is 339 g/mol. The van der Waals surface area contributed by atoms with Gasteiger partial charge in [-0.3, -0.25) is 0 Å². The fraction of sp³-hybridized carbons (Fsp3) is 0.611. The van der Waals surface area contributed by atoms with E-state index in [2.05, 4.69) is 0 Å². The Morgan fingerprint density at radius 1 is 1.29 bits per heavy atom. The fourth-order valence-corrected chi connectivity index (χ4v) is 3.20. The van der Waals surface area contributed by atoms with Crippen LogP contribution in [-0.4, -0.2) is 38.7 Å². The lowest BCUT2D eigenvalue weighted by atomic mass is 9.99. The van der Waals surface area contributed by atoms with Crippen LogP contribution in [0.2, 0.25) is 0 Å². The molecule has 1 aromatic carbocycles. The third-order valence-electron chi connectivity index (χ3n) is 4.69. The van der Waals surface area contributed by atoms with Crippen LogP contribution in [0, 0.1) is 0 Å². The second-order valence-corrected chi connectivity index (χ2v) is 6.45. The van der Waals surface area contributed by atoms with Crippen molar-refractivity contribution in [2.45, 2.75) is 44.4 Å². The summed E-state index contributed by atoms with van der Waals surface area (Å²) in [7, 11) is 1.34. The van der Waals surface area contributed by atoms with Gasteiger partial charge in [0.25, 0.3) is 5.92 Å². The first-order chi connectivity index (χ1) is 11.4. The number of benzene rings is 1. The minimum Gasteiger partial charge on any atom is -0.493 e. The normalized spacial score (nSPS) is 19.9. The van der Waals surface area contributed by atoms with E-state index in [4.69, 9.17) is 9.47 Å². The van der Waals surface area contributed by atoms with E-state index < -0.39 is 11.9 Å². The Kier molecular flexibility index (Phi) is 4.65. The third-order valence-corrected chi connectivity index (χ3v) is 4.69. The van der Waals surface area contributed by atoms with Crippen LogP contribution in [0.4, 0.5) is 14.5 Å². The van der Waals surface area contributed by atoms with Gasteiger partial charge < -0.3 is 14.4 Å². The number of carbonyl (C=O) groups excluding carboxylic acids is 1. The van der Waals surface area contributed by atoms with Gasteiger partial charge in [0.05, 0.1) is 13.7 Å². The number of alkyl halides is 2. The molecule has 0 atom stereocenters. The second-order valence-electron chi connectivity index (χ2n) is 6.45. The number of hydrogen-bond acceptors (Lipinski definition) is 4. The second kappa shape index (κ2) is 6.57. The molecule has 3 rings (SSSR count). The Hall–Kier alpha value is -1.85. The van der Waals surface area contributed by atoms with Gasteiger partial charge in [-0.25, -0.2) is 13.6 Å². The minimum absolute atomic E-state index is 0.139. The van der Waals surface area contributed by atoms with Gasteiger partial charge >= 0.3 is 5.97 Å². The van der Waals surface area contributed by atoms with Crippen molar-refractivity contribution >= 4 is 11.7 Å². The lowest BCUT2D eigenvalue weighted by molar-refractivity contribution is -0.0220. The molecule has 1 saturated carbocycles. The number of rotatable bonds is 5. The summed E-state index contributed by atoms with van der Waals surface area (Å²) in [5.74, 6) is -2.16. The number of carbonyl (C=O) groups is 1. The molecule has 2 aliphatic rings. The highest BCUT2D eigenvalue weighted by Crippen LogP contribution is 2.47. The van der Waals surface area contributed by atoms with Gasteiger partial charge in [-0.15, -0.1) is 0 Å². The molecule has 0 amide bonds. The highest BCUT2D eigenvalue weighted by molar-refractivity contribution is 5.94.